The standard InChI is InChI=1S/C33H70O7Si2/c1-9-32(41(35-11-3,36-12-4)37-13-5)29-25-21-17-19-23-27-31(34)28-24-20-18-22-26-30-33(10-2)42(38-14-6,39-15-7)40-16-8/h32-33H,9-30H2,1-8H3. The second-order valence-corrected chi connectivity index (χ2v) is 16.9. The Bertz CT molecular complexity index is 539. The minimum atomic E-state index is -2.62. The highest BCUT2D eigenvalue weighted by atomic mass is 28.4. The van der Waals surface area contributed by atoms with Gasteiger partial charge >= 0.3 is 17.6 Å². The molecule has 0 spiro atoms. The first-order valence-corrected chi connectivity index (χ1v) is 21.3. The molecule has 0 N–H and O–H groups in total. The third kappa shape index (κ3) is 16.8. The van der Waals surface area contributed by atoms with Crippen molar-refractivity contribution in [3.8, 4) is 0 Å². The monoisotopic (exact) mass is 634 g/mol. The second-order valence-electron chi connectivity index (χ2n) is 11.2. The van der Waals surface area contributed by atoms with Crippen LogP contribution in [-0.2, 0) is 31.4 Å². The summed E-state index contributed by atoms with van der Waals surface area (Å²) in [5.41, 5.74) is 0.727. The normalized spacial score (nSPS) is 13.9. The van der Waals surface area contributed by atoms with Crippen molar-refractivity contribution < 1.29 is 31.4 Å². The minimum absolute atomic E-state index is 0.364. The van der Waals surface area contributed by atoms with E-state index in [1.165, 1.54) is 38.5 Å². The molecule has 0 heterocycles. The lowest BCUT2D eigenvalue weighted by Crippen LogP contribution is -2.50. The van der Waals surface area contributed by atoms with Crippen molar-refractivity contribution in [3.05, 3.63) is 0 Å². The Morgan fingerprint density at radius 1 is 0.429 bits per heavy atom. The zero-order valence-electron chi connectivity index (χ0n) is 29.1. The highest BCUT2D eigenvalue weighted by molar-refractivity contribution is 6.62. The van der Waals surface area contributed by atoms with Crippen LogP contribution in [0.3, 0.4) is 0 Å². The zero-order valence-corrected chi connectivity index (χ0v) is 31.1. The fourth-order valence-electron chi connectivity index (χ4n) is 6.04. The molecule has 0 amide bonds. The number of hydrogen-bond acceptors (Lipinski definition) is 7. The van der Waals surface area contributed by atoms with Gasteiger partial charge in [-0.2, -0.15) is 0 Å². The molecule has 0 saturated carbocycles. The molecule has 2 unspecified atom stereocenters. The molecule has 0 aliphatic carbocycles. The van der Waals surface area contributed by atoms with Crippen molar-refractivity contribution in [3.63, 3.8) is 0 Å². The van der Waals surface area contributed by atoms with Gasteiger partial charge in [0.1, 0.15) is 5.78 Å². The first-order valence-electron chi connectivity index (χ1n) is 17.7. The second kappa shape index (κ2) is 27.2. The van der Waals surface area contributed by atoms with Gasteiger partial charge in [-0.15, -0.1) is 0 Å². The van der Waals surface area contributed by atoms with E-state index in [1.54, 1.807) is 0 Å². The fourth-order valence-corrected chi connectivity index (χ4v) is 12.5. The molecule has 0 aromatic heterocycles. The van der Waals surface area contributed by atoms with Crippen LogP contribution in [0, 0.1) is 0 Å². The van der Waals surface area contributed by atoms with Gasteiger partial charge in [0, 0.05) is 63.6 Å². The summed E-state index contributed by atoms with van der Waals surface area (Å²) in [6.45, 7) is 20.4. The maximum Gasteiger partial charge on any atom is 0.504 e. The van der Waals surface area contributed by atoms with Crippen LogP contribution in [0.1, 0.15) is 158 Å². The van der Waals surface area contributed by atoms with Gasteiger partial charge in [0.25, 0.3) is 0 Å². The number of Topliss-reactive ketones (excluding diaryl/α,β-unsaturated/α-hetero) is 1. The van der Waals surface area contributed by atoms with E-state index in [4.69, 9.17) is 26.6 Å². The summed E-state index contributed by atoms with van der Waals surface area (Å²) in [5.74, 6) is 0.439. The van der Waals surface area contributed by atoms with Gasteiger partial charge < -0.3 is 26.6 Å². The third-order valence-electron chi connectivity index (χ3n) is 8.08. The van der Waals surface area contributed by atoms with Crippen LogP contribution in [0.25, 0.3) is 0 Å². The summed E-state index contributed by atoms with van der Waals surface area (Å²) in [4.78, 5) is 12.4. The van der Waals surface area contributed by atoms with Crippen molar-refractivity contribution in [1.29, 1.82) is 0 Å². The predicted octanol–water partition coefficient (Wildman–Crippen LogP) is 9.67. The minimum Gasteiger partial charge on any atom is -0.374 e. The predicted molar refractivity (Wildman–Crippen MR) is 179 cm³/mol. The highest BCUT2D eigenvalue weighted by Crippen LogP contribution is 2.35. The van der Waals surface area contributed by atoms with Crippen LogP contribution in [0.2, 0.25) is 11.1 Å². The lowest BCUT2D eigenvalue weighted by atomic mass is 10.0. The maximum absolute atomic E-state index is 12.4. The van der Waals surface area contributed by atoms with Gasteiger partial charge in [-0.25, -0.2) is 0 Å². The van der Waals surface area contributed by atoms with Gasteiger partial charge in [0.2, 0.25) is 0 Å². The Kier molecular flexibility index (Phi) is 27.1. The van der Waals surface area contributed by atoms with E-state index in [0.29, 0.717) is 56.5 Å². The highest BCUT2D eigenvalue weighted by Gasteiger charge is 2.48. The molecule has 9 heteroatoms. The lowest BCUT2D eigenvalue weighted by Gasteiger charge is -2.35. The fraction of sp³-hybridized carbons (Fsp3) is 0.970. The molecule has 0 saturated heterocycles. The van der Waals surface area contributed by atoms with Gasteiger partial charge in [0.05, 0.1) is 0 Å². The molecule has 42 heavy (non-hydrogen) atoms. The van der Waals surface area contributed by atoms with Crippen molar-refractivity contribution in [2.45, 2.75) is 169 Å². The van der Waals surface area contributed by atoms with Crippen LogP contribution >= 0.6 is 0 Å². The summed E-state index contributed by atoms with van der Waals surface area (Å²) >= 11 is 0. The largest absolute Gasteiger partial charge is 0.504 e. The van der Waals surface area contributed by atoms with E-state index in [2.05, 4.69) is 13.8 Å². The third-order valence-corrected chi connectivity index (χ3v) is 15.6. The molecule has 2 atom stereocenters. The van der Waals surface area contributed by atoms with E-state index in [-0.39, 0.29) is 0 Å². The summed E-state index contributed by atoms with van der Waals surface area (Å²) in [5, 5.41) is 0. The molecule has 0 aromatic rings. The molecular weight excluding hydrogens is 565 g/mol. The quantitative estimate of drug-likeness (QED) is 0.0539. The number of carbonyl (C=O) groups is 1. The molecular formula is C33H70O7Si2. The van der Waals surface area contributed by atoms with Crippen molar-refractivity contribution in [2.75, 3.05) is 39.6 Å². The summed E-state index contributed by atoms with van der Waals surface area (Å²) in [7, 11) is -5.24. The number of unbranched alkanes of at least 4 members (excludes halogenated alkanes) is 8. The Morgan fingerprint density at radius 3 is 0.952 bits per heavy atom. The molecule has 0 bridgehead atoms. The van der Waals surface area contributed by atoms with Crippen molar-refractivity contribution in [1.82, 2.24) is 0 Å². The van der Waals surface area contributed by atoms with E-state index in [0.717, 1.165) is 64.2 Å². The number of rotatable bonds is 32. The molecule has 0 rings (SSSR count). The van der Waals surface area contributed by atoms with Crippen LogP contribution in [-0.4, -0.2) is 63.0 Å². The number of hydrogen-bond donors (Lipinski definition) is 0. The van der Waals surface area contributed by atoms with E-state index < -0.39 is 17.6 Å². The Balaban J connectivity index is 4.13. The number of carbonyl (C=O) groups excluding carboxylic acids is 1. The van der Waals surface area contributed by atoms with Crippen molar-refractivity contribution in [2.24, 2.45) is 0 Å². The molecule has 7 nitrogen and oxygen atoms in total. The van der Waals surface area contributed by atoms with E-state index in [1.807, 2.05) is 41.5 Å². The molecule has 252 valence electrons. The van der Waals surface area contributed by atoms with Gasteiger partial charge in [-0.1, -0.05) is 65.2 Å². The SMILES string of the molecule is CCO[Si](OCC)(OCC)C(CC)CCCCCCCC(=O)CCCCCCCC(CC)[Si](OCC)(OCC)OCC. The lowest BCUT2D eigenvalue weighted by molar-refractivity contribution is -0.119. The van der Waals surface area contributed by atoms with E-state index >= 15 is 0 Å². The Labute approximate surface area is 263 Å². The topological polar surface area (TPSA) is 72.5 Å². The van der Waals surface area contributed by atoms with Crippen LogP contribution < -0.4 is 0 Å². The summed E-state index contributed by atoms with van der Waals surface area (Å²) in [6, 6.07) is 0. The van der Waals surface area contributed by atoms with Crippen LogP contribution in [0.15, 0.2) is 0 Å². The van der Waals surface area contributed by atoms with Gasteiger partial charge in [0.15, 0.2) is 0 Å². The Hall–Kier alpha value is -0.136. The smallest absolute Gasteiger partial charge is 0.374 e. The van der Waals surface area contributed by atoms with E-state index in [9.17, 15) is 4.79 Å². The Morgan fingerprint density at radius 2 is 0.690 bits per heavy atom. The molecule has 0 aliphatic rings. The molecule has 0 aromatic carbocycles. The average molecular weight is 635 g/mol. The number of ketones is 1. The first-order chi connectivity index (χ1) is 20.4. The first kappa shape index (κ1) is 41.9. The van der Waals surface area contributed by atoms with Crippen molar-refractivity contribution >= 4 is 23.4 Å². The molecule has 0 aliphatic heterocycles. The van der Waals surface area contributed by atoms with Crippen LogP contribution in [0.4, 0.5) is 0 Å². The molecule has 0 radical (unpaired) electrons. The zero-order chi connectivity index (χ0) is 31.5. The van der Waals surface area contributed by atoms with Gasteiger partial charge in [-0.05, 0) is 80.1 Å². The summed E-state index contributed by atoms with van der Waals surface area (Å²) < 4.78 is 36.8. The summed E-state index contributed by atoms with van der Waals surface area (Å²) in [6.07, 6.45) is 17.1. The molecule has 0 fully saturated rings. The van der Waals surface area contributed by atoms with Gasteiger partial charge in [-0.3, -0.25) is 4.79 Å². The average Bonchev–Trinajstić information content (AvgIpc) is 2.96. The maximum atomic E-state index is 12.4. The van der Waals surface area contributed by atoms with Crippen LogP contribution in [0.5, 0.6) is 0 Å².